The maximum atomic E-state index is 13.4. The number of carbonyl (C=O) groups is 2. The molecule has 0 saturated carbocycles. The molecule has 0 bridgehead atoms. The molecular formula is C29H28N2O5. The molecule has 5 rings (SSSR count). The lowest BCUT2D eigenvalue weighted by molar-refractivity contribution is -0.132. The van der Waals surface area contributed by atoms with E-state index in [1.165, 1.54) is 17.0 Å². The summed E-state index contributed by atoms with van der Waals surface area (Å²) in [6.45, 7) is 3.79. The summed E-state index contributed by atoms with van der Waals surface area (Å²) in [7, 11) is 1.55. The molecule has 2 aliphatic rings. The van der Waals surface area contributed by atoms with Gasteiger partial charge in [-0.15, -0.1) is 0 Å². The van der Waals surface area contributed by atoms with Crippen LogP contribution in [0.3, 0.4) is 0 Å². The summed E-state index contributed by atoms with van der Waals surface area (Å²) < 4.78 is 5.26. The van der Waals surface area contributed by atoms with Crippen molar-refractivity contribution in [1.82, 2.24) is 0 Å². The largest absolute Gasteiger partial charge is 0.508 e. The predicted octanol–water partition coefficient (Wildman–Crippen LogP) is 4.94. The number of phenolic OH excluding ortho intramolecular Hbond substituents is 1. The number of phenols is 1. The van der Waals surface area contributed by atoms with E-state index in [0.717, 1.165) is 31.6 Å². The van der Waals surface area contributed by atoms with E-state index in [4.69, 9.17) is 4.74 Å². The van der Waals surface area contributed by atoms with Crippen LogP contribution in [0.2, 0.25) is 0 Å². The van der Waals surface area contributed by atoms with Crippen molar-refractivity contribution in [3.8, 4) is 11.5 Å². The van der Waals surface area contributed by atoms with Gasteiger partial charge in [0.15, 0.2) is 0 Å². The first kappa shape index (κ1) is 23.5. The fraction of sp³-hybridized carbons (Fsp3) is 0.241. The Hall–Kier alpha value is -4.26. The second kappa shape index (κ2) is 9.41. The maximum Gasteiger partial charge on any atom is 0.300 e. The third-order valence-corrected chi connectivity index (χ3v) is 6.92. The molecule has 7 nitrogen and oxygen atoms in total. The molecule has 0 aromatic heterocycles. The first-order valence-corrected chi connectivity index (χ1v) is 12.0. The summed E-state index contributed by atoms with van der Waals surface area (Å²) in [5, 5.41) is 21.6. The number of ketones is 1. The molecule has 0 aliphatic carbocycles. The molecule has 1 unspecified atom stereocenters. The minimum atomic E-state index is -0.906. The summed E-state index contributed by atoms with van der Waals surface area (Å²) in [5.41, 5.74) is 3.23. The molecule has 1 amide bonds. The maximum absolute atomic E-state index is 13.4. The van der Waals surface area contributed by atoms with Crippen molar-refractivity contribution in [2.24, 2.45) is 0 Å². The molecule has 2 aliphatic heterocycles. The SMILES string of the molecule is COc1ccc(/C(O)=C2/C(=O)C(=O)N(c3ccc(N4CCCC4)cc3)C2c2cccc(O)c2)c(C)c1. The molecule has 0 radical (unpaired) electrons. The molecule has 3 aromatic rings. The van der Waals surface area contributed by atoms with Gasteiger partial charge in [-0.25, -0.2) is 0 Å². The minimum absolute atomic E-state index is 0.00287. The predicted molar refractivity (Wildman–Crippen MR) is 139 cm³/mol. The molecule has 1 atom stereocenters. The van der Waals surface area contributed by atoms with E-state index >= 15 is 0 Å². The number of aliphatic hydroxyl groups excluding tert-OH is 1. The van der Waals surface area contributed by atoms with Gasteiger partial charge < -0.3 is 19.8 Å². The van der Waals surface area contributed by atoms with Gasteiger partial charge >= 0.3 is 0 Å². The van der Waals surface area contributed by atoms with E-state index in [1.54, 1.807) is 44.4 Å². The Morgan fingerprint density at radius 3 is 2.28 bits per heavy atom. The minimum Gasteiger partial charge on any atom is -0.508 e. The molecule has 2 saturated heterocycles. The Morgan fingerprint density at radius 2 is 1.64 bits per heavy atom. The van der Waals surface area contributed by atoms with Crippen molar-refractivity contribution in [2.75, 3.05) is 30.0 Å². The van der Waals surface area contributed by atoms with Crippen LogP contribution in [0, 0.1) is 6.92 Å². The number of ether oxygens (including phenoxy) is 1. The lowest BCUT2D eigenvalue weighted by Gasteiger charge is -2.26. The van der Waals surface area contributed by atoms with E-state index in [9.17, 15) is 19.8 Å². The van der Waals surface area contributed by atoms with Crippen molar-refractivity contribution < 1.29 is 24.5 Å². The average Bonchev–Trinajstić information content (AvgIpc) is 3.51. The summed E-state index contributed by atoms with van der Waals surface area (Å²) >= 11 is 0. The zero-order valence-electron chi connectivity index (χ0n) is 20.3. The second-order valence-electron chi connectivity index (χ2n) is 9.16. The fourth-order valence-corrected chi connectivity index (χ4v) is 5.08. The molecule has 184 valence electrons. The number of benzene rings is 3. The zero-order chi connectivity index (χ0) is 25.4. The van der Waals surface area contributed by atoms with Gasteiger partial charge in [-0.1, -0.05) is 12.1 Å². The quantitative estimate of drug-likeness (QED) is 0.303. The molecule has 3 aromatic carbocycles. The summed E-state index contributed by atoms with van der Waals surface area (Å²) in [6, 6.07) is 18.2. The van der Waals surface area contributed by atoms with Crippen molar-refractivity contribution >= 4 is 28.8 Å². The number of aromatic hydroxyl groups is 1. The molecule has 36 heavy (non-hydrogen) atoms. The van der Waals surface area contributed by atoms with Crippen LogP contribution in [0.4, 0.5) is 11.4 Å². The Kier molecular flexibility index (Phi) is 6.14. The highest BCUT2D eigenvalue weighted by molar-refractivity contribution is 6.51. The first-order valence-electron chi connectivity index (χ1n) is 12.0. The average molecular weight is 485 g/mol. The third kappa shape index (κ3) is 4.06. The van der Waals surface area contributed by atoms with Gasteiger partial charge in [0, 0.05) is 30.0 Å². The highest BCUT2D eigenvalue weighted by Gasteiger charge is 2.47. The lowest BCUT2D eigenvalue weighted by Crippen LogP contribution is -2.29. The number of anilines is 2. The van der Waals surface area contributed by atoms with Crippen molar-refractivity contribution in [3.63, 3.8) is 0 Å². The van der Waals surface area contributed by atoms with Crippen LogP contribution >= 0.6 is 0 Å². The number of nitrogens with zero attached hydrogens (tertiary/aromatic N) is 2. The number of hydrogen-bond donors (Lipinski definition) is 2. The van der Waals surface area contributed by atoms with Crippen LogP contribution in [-0.2, 0) is 9.59 Å². The van der Waals surface area contributed by atoms with Crippen molar-refractivity contribution in [3.05, 3.63) is 89.0 Å². The van der Waals surface area contributed by atoms with Crippen LogP contribution in [0.1, 0.15) is 35.6 Å². The third-order valence-electron chi connectivity index (χ3n) is 6.92. The van der Waals surface area contributed by atoms with Crippen LogP contribution in [0.25, 0.3) is 5.76 Å². The normalized spacial score (nSPS) is 19.2. The number of aliphatic hydroxyl groups is 1. The zero-order valence-corrected chi connectivity index (χ0v) is 20.3. The van der Waals surface area contributed by atoms with Gasteiger partial charge in [0.2, 0.25) is 0 Å². The topological polar surface area (TPSA) is 90.3 Å². The standard InChI is InChI=1S/C29H28N2O5/c1-18-16-23(36-2)12-13-24(18)27(33)25-26(19-6-5-7-22(32)17-19)31(29(35)28(25)34)21-10-8-20(9-11-21)30-14-3-4-15-30/h5-13,16-17,26,32-33H,3-4,14-15H2,1-2H3/b27-25-. The second-order valence-corrected chi connectivity index (χ2v) is 9.16. The van der Waals surface area contributed by atoms with E-state index < -0.39 is 17.7 Å². The molecular weight excluding hydrogens is 456 g/mol. The number of rotatable bonds is 5. The Labute approximate surface area is 209 Å². The monoisotopic (exact) mass is 484 g/mol. The Bertz CT molecular complexity index is 1360. The fourth-order valence-electron chi connectivity index (χ4n) is 5.08. The van der Waals surface area contributed by atoms with Crippen LogP contribution in [0.5, 0.6) is 11.5 Å². The number of Topliss-reactive ketones (excluding diaryl/α,β-unsaturated/α-hetero) is 1. The van der Waals surface area contributed by atoms with E-state index in [2.05, 4.69) is 4.90 Å². The highest BCUT2D eigenvalue weighted by atomic mass is 16.5. The Balaban J connectivity index is 1.64. The first-order chi connectivity index (χ1) is 17.4. The van der Waals surface area contributed by atoms with E-state index in [0.29, 0.717) is 28.1 Å². The summed E-state index contributed by atoms with van der Waals surface area (Å²) in [5.74, 6) is -1.15. The van der Waals surface area contributed by atoms with Gasteiger partial charge in [0.25, 0.3) is 11.7 Å². The summed E-state index contributed by atoms with van der Waals surface area (Å²) in [6.07, 6.45) is 2.30. The van der Waals surface area contributed by atoms with Gasteiger partial charge in [-0.2, -0.15) is 0 Å². The number of hydrogen-bond acceptors (Lipinski definition) is 6. The number of aryl methyl sites for hydroxylation is 1. The van der Waals surface area contributed by atoms with Gasteiger partial charge in [-0.05, 0) is 85.5 Å². The molecule has 2 N–H and O–H groups in total. The lowest BCUT2D eigenvalue weighted by atomic mass is 9.93. The molecule has 7 heteroatoms. The van der Waals surface area contributed by atoms with Gasteiger partial charge in [0.05, 0.1) is 18.7 Å². The Morgan fingerprint density at radius 1 is 0.944 bits per heavy atom. The number of methoxy groups -OCH3 is 1. The number of carbonyl (C=O) groups excluding carboxylic acids is 2. The van der Waals surface area contributed by atoms with E-state index in [1.807, 2.05) is 24.3 Å². The molecule has 0 spiro atoms. The van der Waals surface area contributed by atoms with Crippen LogP contribution in [0.15, 0.2) is 72.3 Å². The smallest absolute Gasteiger partial charge is 0.300 e. The van der Waals surface area contributed by atoms with Gasteiger partial charge in [-0.3, -0.25) is 14.5 Å². The van der Waals surface area contributed by atoms with Gasteiger partial charge in [0.1, 0.15) is 17.3 Å². The molecule has 2 fully saturated rings. The molecule has 2 heterocycles. The van der Waals surface area contributed by atoms with Crippen LogP contribution in [-0.4, -0.2) is 42.1 Å². The summed E-state index contributed by atoms with van der Waals surface area (Å²) in [4.78, 5) is 30.5. The van der Waals surface area contributed by atoms with E-state index in [-0.39, 0.29) is 17.1 Å². The highest BCUT2D eigenvalue weighted by Crippen LogP contribution is 2.43. The number of amides is 1. The van der Waals surface area contributed by atoms with Crippen molar-refractivity contribution in [1.29, 1.82) is 0 Å². The van der Waals surface area contributed by atoms with Crippen molar-refractivity contribution in [2.45, 2.75) is 25.8 Å². The van der Waals surface area contributed by atoms with Crippen LogP contribution < -0.4 is 14.5 Å².